The molecule has 0 unspecified atom stereocenters. The van der Waals surface area contributed by atoms with Crippen LogP contribution in [0.15, 0.2) is 40.9 Å². The molecule has 0 amide bonds. The van der Waals surface area contributed by atoms with Crippen LogP contribution >= 0.6 is 0 Å². The summed E-state index contributed by atoms with van der Waals surface area (Å²) >= 11 is 0. The lowest BCUT2D eigenvalue weighted by molar-refractivity contribution is 0.383. The van der Waals surface area contributed by atoms with Gasteiger partial charge in [-0.05, 0) is 20.8 Å². The third kappa shape index (κ3) is 3.43. The van der Waals surface area contributed by atoms with Crippen LogP contribution in [0.2, 0.25) is 0 Å². The van der Waals surface area contributed by atoms with Crippen molar-refractivity contribution >= 4 is 0 Å². The van der Waals surface area contributed by atoms with Crippen LogP contribution in [0.25, 0.3) is 11.3 Å². The summed E-state index contributed by atoms with van der Waals surface area (Å²) in [6.07, 6.45) is 1.77. The zero-order valence-electron chi connectivity index (χ0n) is 10.5. The van der Waals surface area contributed by atoms with Crippen LogP contribution in [0.3, 0.4) is 0 Å². The fourth-order valence-electron chi connectivity index (χ4n) is 1.47. The Bertz CT molecular complexity index is 468. The lowest BCUT2D eigenvalue weighted by Gasteiger charge is -2.18. The van der Waals surface area contributed by atoms with Crippen molar-refractivity contribution in [3.8, 4) is 11.3 Å². The van der Waals surface area contributed by atoms with Crippen LogP contribution in [0.4, 0.5) is 0 Å². The Morgan fingerprint density at radius 1 is 1.18 bits per heavy atom. The Morgan fingerprint density at radius 2 is 1.88 bits per heavy atom. The number of nitrogens with zero attached hydrogens (tertiary/aromatic N) is 1. The summed E-state index contributed by atoms with van der Waals surface area (Å²) in [5.74, 6) is 1.54. The predicted molar refractivity (Wildman–Crippen MR) is 68.5 cm³/mol. The van der Waals surface area contributed by atoms with E-state index in [1.807, 2.05) is 30.3 Å². The molecule has 1 aromatic heterocycles. The highest BCUT2D eigenvalue weighted by Crippen LogP contribution is 2.19. The van der Waals surface area contributed by atoms with Gasteiger partial charge in [-0.15, -0.1) is 0 Å². The van der Waals surface area contributed by atoms with Gasteiger partial charge < -0.3 is 9.73 Å². The van der Waals surface area contributed by atoms with Gasteiger partial charge in [0.05, 0.1) is 12.7 Å². The summed E-state index contributed by atoms with van der Waals surface area (Å²) < 4.78 is 5.69. The third-order valence-corrected chi connectivity index (χ3v) is 2.38. The van der Waals surface area contributed by atoms with Gasteiger partial charge in [0, 0.05) is 11.1 Å². The fourth-order valence-corrected chi connectivity index (χ4v) is 1.47. The van der Waals surface area contributed by atoms with Crippen molar-refractivity contribution in [1.29, 1.82) is 0 Å². The molecule has 0 bridgehead atoms. The van der Waals surface area contributed by atoms with Gasteiger partial charge in [-0.1, -0.05) is 30.3 Å². The molecule has 1 N–H and O–H groups in total. The second-order valence-corrected chi connectivity index (χ2v) is 5.09. The number of benzene rings is 1. The third-order valence-electron chi connectivity index (χ3n) is 2.38. The largest absolute Gasteiger partial charge is 0.439 e. The molecule has 17 heavy (non-hydrogen) atoms. The Balaban J connectivity index is 2.07. The number of rotatable bonds is 3. The number of hydrogen-bond donors (Lipinski definition) is 1. The van der Waals surface area contributed by atoms with E-state index in [1.54, 1.807) is 6.20 Å². The Labute approximate surface area is 102 Å². The van der Waals surface area contributed by atoms with Gasteiger partial charge in [0.2, 0.25) is 5.89 Å². The van der Waals surface area contributed by atoms with E-state index < -0.39 is 0 Å². The Hall–Kier alpha value is -1.61. The highest BCUT2D eigenvalue weighted by molar-refractivity contribution is 5.55. The van der Waals surface area contributed by atoms with Crippen molar-refractivity contribution < 1.29 is 4.42 Å². The monoisotopic (exact) mass is 230 g/mol. The summed E-state index contributed by atoms with van der Waals surface area (Å²) in [6, 6.07) is 10.0. The fraction of sp³-hybridized carbons (Fsp3) is 0.357. The summed E-state index contributed by atoms with van der Waals surface area (Å²) in [5.41, 5.74) is 1.13. The van der Waals surface area contributed by atoms with Crippen molar-refractivity contribution in [2.45, 2.75) is 32.9 Å². The van der Waals surface area contributed by atoms with Gasteiger partial charge in [0.25, 0.3) is 0 Å². The molecular formula is C14H18N2O. The molecule has 1 heterocycles. The van der Waals surface area contributed by atoms with E-state index in [2.05, 4.69) is 31.1 Å². The standard InChI is InChI=1S/C14H18N2O/c1-14(2,3)16-10-13-15-9-12(17-13)11-7-5-4-6-8-11/h4-9,16H,10H2,1-3H3. The Morgan fingerprint density at radius 3 is 2.53 bits per heavy atom. The lowest BCUT2D eigenvalue weighted by Crippen LogP contribution is -2.35. The molecule has 90 valence electrons. The van der Waals surface area contributed by atoms with Crippen molar-refractivity contribution in [2.75, 3.05) is 0 Å². The van der Waals surface area contributed by atoms with Gasteiger partial charge in [-0.2, -0.15) is 0 Å². The SMILES string of the molecule is CC(C)(C)NCc1ncc(-c2ccccc2)o1. The van der Waals surface area contributed by atoms with E-state index in [4.69, 9.17) is 4.42 Å². The number of nitrogens with one attached hydrogen (secondary N) is 1. The molecule has 0 spiro atoms. The van der Waals surface area contributed by atoms with Gasteiger partial charge >= 0.3 is 0 Å². The summed E-state index contributed by atoms with van der Waals surface area (Å²) in [6.45, 7) is 7.01. The molecule has 1 aromatic carbocycles. The first kappa shape index (κ1) is 11.9. The number of aromatic nitrogens is 1. The Kier molecular flexibility index (Phi) is 3.29. The molecular weight excluding hydrogens is 212 g/mol. The molecule has 2 rings (SSSR count). The highest BCUT2D eigenvalue weighted by Gasteiger charge is 2.11. The second-order valence-electron chi connectivity index (χ2n) is 5.09. The smallest absolute Gasteiger partial charge is 0.208 e. The van der Waals surface area contributed by atoms with Gasteiger partial charge in [-0.25, -0.2) is 4.98 Å². The average Bonchev–Trinajstić information content (AvgIpc) is 2.75. The zero-order valence-corrected chi connectivity index (χ0v) is 10.5. The first-order valence-electron chi connectivity index (χ1n) is 5.80. The lowest BCUT2D eigenvalue weighted by atomic mass is 10.1. The summed E-state index contributed by atoms with van der Waals surface area (Å²) in [5, 5.41) is 3.35. The highest BCUT2D eigenvalue weighted by atomic mass is 16.4. The molecule has 0 aliphatic heterocycles. The minimum absolute atomic E-state index is 0.0708. The molecule has 0 saturated carbocycles. The van der Waals surface area contributed by atoms with Crippen LogP contribution < -0.4 is 5.32 Å². The number of oxazole rings is 1. The van der Waals surface area contributed by atoms with Crippen LogP contribution in [-0.2, 0) is 6.54 Å². The van der Waals surface area contributed by atoms with E-state index in [0.29, 0.717) is 6.54 Å². The van der Waals surface area contributed by atoms with E-state index in [-0.39, 0.29) is 5.54 Å². The van der Waals surface area contributed by atoms with Crippen LogP contribution in [-0.4, -0.2) is 10.5 Å². The summed E-state index contributed by atoms with van der Waals surface area (Å²) in [7, 11) is 0. The number of hydrogen-bond acceptors (Lipinski definition) is 3. The maximum atomic E-state index is 5.69. The van der Waals surface area contributed by atoms with E-state index >= 15 is 0 Å². The molecule has 3 nitrogen and oxygen atoms in total. The average molecular weight is 230 g/mol. The van der Waals surface area contributed by atoms with Crippen LogP contribution in [0.1, 0.15) is 26.7 Å². The second kappa shape index (κ2) is 4.72. The predicted octanol–water partition coefficient (Wildman–Crippen LogP) is 3.23. The maximum Gasteiger partial charge on any atom is 0.208 e. The van der Waals surface area contributed by atoms with Crippen LogP contribution in [0, 0.1) is 0 Å². The zero-order chi connectivity index (χ0) is 12.3. The minimum Gasteiger partial charge on any atom is -0.439 e. The van der Waals surface area contributed by atoms with Crippen molar-refractivity contribution in [3.05, 3.63) is 42.4 Å². The molecule has 0 aliphatic rings. The first-order valence-corrected chi connectivity index (χ1v) is 5.80. The molecule has 2 aromatic rings. The van der Waals surface area contributed by atoms with Gasteiger partial charge in [0.15, 0.2) is 5.76 Å². The van der Waals surface area contributed by atoms with E-state index in [1.165, 1.54) is 0 Å². The molecule has 0 radical (unpaired) electrons. The van der Waals surface area contributed by atoms with E-state index in [0.717, 1.165) is 17.2 Å². The van der Waals surface area contributed by atoms with Crippen LogP contribution in [0.5, 0.6) is 0 Å². The summed E-state index contributed by atoms with van der Waals surface area (Å²) in [4.78, 5) is 4.27. The normalized spacial score (nSPS) is 11.7. The van der Waals surface area contributed by atoms with Gasteiger partial charge in [0.1, 0.15) is 0 Å². The molecule has 0 fully saturated rings. The van der Waals surface area contributed by atoms with E-state index in [9.17, 15) is 0 Å². The van der Waals surface area contributed by atoms with Crippen molar-refractivity contribution in [2.24, 2.45) is 0 Å². The first-order chi connectivity index (χ1) is 8.04. The topological polar surface area (TPSA) is 38.1 Å². The quantitative estimate of drug-likeness (QED) is 0.879. The minimum atomic E-state index is 0.0708. The van der Waals surface area contributed by atoms with Crippen molar-refractivity contribution in [1.82, 2.24) is 10.3 Å². The maximum absolute atomic E-state index is 5.69. The molecule has 0 saturated heterocycles. The van der Waals surface area contributed by atoms with Gasteiger partial charge in [-0.3, -0.25) is 0 Å². The van der Waals surface area contributed by atoms with Crippen molar-refractivity contribution in [3.63, 3.8) is 0 Å². The molecule has 0 atom stereocenters. The molecule has 0 aliphatic carbocycles. The molecule has 3 heteroatoms.